The Kier molecular flexibility index (Phi) is 8.01. The average molecular weight is 612 g/mol. The second-order valence-electron chi connectivity index (χ2n) is 17.7. The summed E-state index contributed by atoms with van der Waals surface area (Å²) in [6, 6.07) is 0.406. The molecule has 7 rings (SSSR count). The molecule has 4 aliphatic carbocycles. The van der Waals surface area contributed by atoms with Gasteiger partial charge in [-0.05, 0) is 137 Å². The lowest BCUT2D eigenvalue weighted by atomic mass is 9.40. The first kappa shape index (κ1) is 31.4. The maximum atomic E-state index is 12.9. The second-order valence-corrected chi connectivity index (χ2v) is 17.7. The van der Waals surface area contributed by atoms with Crippen LogP contribution in [0.5, 0.6) is 0 Å². The number of likely N-dealkylation sites (tertiary alicyclic amines) is 1. The van der Waals surface area contributed by atoms with Crippen molar-refractivity contribution < 1.29 is 19.1 Å². The second kappa shape index (κ2) is 11.2. The molecule has 0 aromatic rings. The van der Waals surface area contributed by atoms with Crippen LogP contribution in [0.2, 0.25) is 0 Å². The van der Waals surface area contributed by atoms with Crippen LogP contribution in [0.3, 0.4) is 0 Å². The van der Waals surface area contributed by atoms with Gasteiger partial charge >= 0.3 is 0 Å². The van der Waals surface area contributed by atoms with Gasteiger partial charge in [0.15, 0.2) is 5.79 Å². The van der Waals surface area contributed by atoms with Crippen LogP contribution >= 0.6 is 0 Å². The van der Waals surface area contributed by atoms with Crippen molar-refractivity contribution in [3.63, 3.8) is 0 Å². The van der Waals surface area contributed by atoms with Crippen molar-refractivity contribution in [2.24, 2.45) is 51.8 Å². The number of hydrogen-bond acceptors (Lipinski definition) is 5. The number of ether oxygens (including phenoxy) is 2. The van der Waals surface area contributed by atoms with Gasteiger partial charge in [-0.25, -0.2) is 0 Å². The van der Waals surface area contributed by atoms with Crippen molar-refractivity contribution in [3.8, 4) is 0 Å². The Hall–Kier alpha value is -1.18. The first-order chi connectivity index (χ1) is 20.9. The molecule has 0 radical (unpaired) electrons. The molecule has 7 aliphatic rings. The maximum absolute atomic E-state index is 12.9. The van der Waals surface area contributed by atoms with Gasteiger partial charge in [-0.2, -0.15) is 0 Å². The van der Waals surface area contributed by atoms with Gasteiger partial charge in [0.05, 0.1) is 12.7 Å². The number of hydrogen-bond donors (Lipinski definition) is 2. The fourth-order valence-corrected chi connectivity index (χ4v) is 12.7. The summed E-state index contributed by atoms with van der Waals surface area (Å²) in [6.45, 7) is 15.5. The fourth-order valence-electron chi connectivity index (χ4n) is 12.7. The van der Waals surface area contributed by atoms with Gasteiger partial charge in [0.1, 0.15) is 6.42 Å². The number of rotatable bonds is 4. The van der Waals surface area contributed by atoms with E-state index in [4.69, 9.17) is 9.47 Å². The molecule has 44 heavy (non-hydrogen) atoms. The predicted molar refractivity (Wildman–Crippen MR) is 172 cm³/mol. The highest BCUT2D eigenvalue weighted by Crippen LogP contribution is 2.76. The Morgan fingerprint density at radius 3 is 2.25 bits per heavy atom. The molecule has 7 fully saturated rings. The number of carbonyl (C=O) groups excluding carboxylic acids is 2. The third-order valence-electron chi connectivity index (χ3n) is 15.5. The average Bonchev–Trinajstić information content (AvgIpc) is 3.37. The number of carbonyl (C=O) groups is 2. The molecule has 248 valence electrons. The molecule has 0 aromatic carbocycles. The summed E-state index contributed by atoms with van der Waals surface area (Å²) in [5, 5.41) is 6.40. The van der Waals surface area contributed by atoms with Crippen LogP contribution in [-0.2, 0) is 19.1 Å². The zero-order valence-corrected chi connectivity index (χ0v) is 28.6. The van der Waals surface area contributed by atoms with Gasteiger partial charge in [0, 0.05) is 24.4 Å². The third-order valence-corrected chi connectivity index (χ3v) is 15.5. The number of nitrogens with zero attached hydrogens (tertiary/aromatic N) is 1. The molecule has 0 bridgehead atoms. The largest absolute Gasteiger partial charge is 0.353 e. The van der Waals surface area contributed by atoms with E-state index in [-0.39, 0.29) is 36.1 Å². The predicted octanol–water partition coefficient (Wildman–Crippen LogP) is 5.91. The van der Waals surface area contributed by atoms with Crippen molar-refractivity contribution in [1.29, 1.82) is 0 Å². The van der Waals surface area contributed by atoms with E-state index in [1.54, 1.807) is 0 Å². The number of fused-ring (bicyclic) bond motifs is 7. The van der Waals surface area contributed by atoms with Crippen LogP contribution in [0.4, 0.5) is 0 Å². The minimum atomic E-state index is -0.344. The Morgan fingerprint density at radius 2 is 1.55 bits per heavy atom. The van der Waals surface area contributed by atoms with Crippen molar-refractivity contribution >= 4 is 11.8 Å². The maximum Gasteiger partial charge on any atom is 0.229 e. The molecule has 4 saturated carbocycles. The molecule has 7 heteroatoms. The Labute approximate surface area is 266 Å². The van der Waals surface area contributed by atoms with Crippen molar-refractivity contribution in [2.45, 2.75) is 142 Å². The van der Waals surface area contributed by atoms with E-state index >= 15 is 0 Å². The summed E-state index contributed by atoms with van der Waals surface area (Å²) >= 11 is 0. The molecule has 0 unspecified atom stereocenters. The zero-order valence-electron chi connectivity index (χ0n) is 28.6. The minimum absolute atomic E-state index is 0.0411. The highest BCUT2D eigenvalue weighted by molar-refractivity contribution is 5.97. The van der Waals surface area contributed by atoms with Gasteiger partial charge in [0.2, 0.25) is 11.8 Å². The molecule has 3 aliphatic heterocycles. The van der Waals surface area contributed by atoms with E-state index in [0.717, 1.165) is 63.6 Å². The van der Waals surface area contributed by atoms with E-state index in [2.05, 4.69) is 57.2 Å². The summed E-state index contributed by atoms with van der Waals surface area (Å²) in [4.78, 5) is 27.8. The number of piperidine rings is 1. The summed E-state index contributed by atoms with van der Waals surface area (Å²) in [5.41, 5.74) is 0.952. The fraction of sp³-hybridized carbons (Fsp3) is 0.946. The smallest absolute Gasteiger partial charge is 0.229 e. The van der Waals surface area contributed by atoms with E-state index < -0.39 is 0 Å². The van der Waals surface area contributed by atoms with E-state index in [0.29, 0.717) is 46.0 Å². The van der Waals surface area contributed by atoms with Gasteiger partial charge in [-0.3, -0.25) is 9.59 Å². The highest BCUT2D eigenvalue weighted by Gasteiger charge is 2.73. The van der Waals surface area contributed by atoms with Gasteiger partial charge in [0.25, 0.3) is 0 Å². The Balaban J connectivity index is 0.973. The minimum Gasteiger partial charge on any atom is -0.353 e. The van der Waals surface area contributed by atoms with Gasteiger partial charge in [-0.1, -0.05) is 34.6 Å². The van der Waals surface area contributed by atoms with E-state index in [9.17, 15) is 9.59 Å². The molecule has 2 N–H and O–H groups in total. The van der Waals surface area contributed by atoms with Crippen molar-refractivity contribution in [1.82, 2.24) is 15.5 Å². The molecular formula is C37H61N3O4. The standard InChI is InChI=1S/C37H61N3O4/c1-23-9-16-37(43-22-23)24(2)33-30(44-37)21-36(5)29-8-7-25-19-27(10-14-34(25,3)28(29)11-15-35(33,36)4)39-32(42)20-31(41)38-26-12-17-40(6)18-13-26/h23-30,33H,7-22H2,1-6H3,(H,38,41)(H,39,42)/t23-,24-,25+,27-,28-,29+,30-,33-,34-,35+,36-,37+/m0/s1. The summed E-state index contributed by atoms with van der Waals surface area (Å²) in [5.74, 6) is 3.29. The first-order valence-electron chi connectivity index (χ1n) is 18.5. The van der Waals surface area contributed by atoms with Crippen LogP contribution in [0.1, 0.15) is 118 Å². The molecular weight excluding hydrogens is 550 g/mol. The quantitative estimate of drug-likeness (QED) is 0.387. The molecule has 3 saturated heterocycles. The summed E-state index contributed by atoms with van der Waals surface area (Å²) in [7, 11) is 2.12. The normalized spacial score (nSPS) is 50.8. The van der Waals surface area contributed by atoms with Crippen LogP contribution in [0, 0.1) is 51.8 Å². The molecule has 12 atom stereocenters. The van der Waals surface area contributed by atoms with Crippen LogP contribution < -0.4 is 10.6 Å². The van der Waals surface area contributed by atoms with Crippen LogP contribution in [-0.4, -0.2) is 67.4 Å². The summed E-state index contributed by atoms with van der Waals surface area (Å²) in [6.07, 6.45) is 14.2. The molecule has 3 heterocycles. The molecule has 2 amide bonds. The monoisotopic (exact) mass is 611 g/mol. The topological polar surface area (TPSA) is 79.9 Å². The van der Waals surface area contributed by atoms with Gasteiger partial charge in [-0.15, -0.1) is 0 Å². The molecule has 1 spiro atoms. The van der Waals surface area contributed by atoms with Gasteiger partial charge < -0.3 is 25.0 Å². The Bertz CT molecular complexity index is 1110. The van der Waals surface area contributed by atoms with E-state index in [1.807, 2.05) is 0 Å². The van der Waals surface area contributed by atoms with Crippen LogP contribution in [0.25, 0.3) is 0 Å². The number of nitrogens with one attached hydrogen (secondary N) is 2. The van der Waals surface area contributed by atoms with Crippen molar-refractivity contribution in [2.75, 3.05) is 26.7 Å². The Morgan fingerprint density at radius 1 is 0.818 bits per heavy atom. The lowest BCUT2D eigenvalue weighted by Gasteiger charge is -2.65. The van der Waals surface area contributed by atoms with E-state index in [1.165, 1.54) is 44.9 Å². The third kappa shape index (κ3) is 4.91. The summed E-state index contributed by atoms with van der Waals surface area (Å²) < 4.78 is 13.6. The van der Waals surface area contributed by atoms with Crippen LogP contribution in [0.15, 0.2) is 0 Å². The molecule has 0 aromatic heterocycles. The van der Waals surface area contributed by atoms with Crippen molar-refractivity contribution in [3.05, 3.63) is 0 Å². The lowest BCUT2D eigenvalue weighted by Crippen LogP contribution is -2.59. The number of amides is 2. The molecule has 7 nitrogen and oxygen atoms in total. The lowest BCUT2D eigenvalue weighted by molar-refractivity contribution is -0.276. The first-order valence-corrected chi connectivity index (χ1v) is 18.5. The highest BCUT2D eigenvalue weighted by atomic mass is 16.7. The zero-order chi connectivity index (χ0) is 31.1. The SMILES string of the molecule is C[C@H]1CC[C@@]2(OC1)O[C@H]1C[C@@]3(C)[C@@H]4CC[C@@H]5C[C@@H](NC(=O)CC(=O)NC6CCN(C)CC6)CC[C@]5(C)[C@H]4CC[C@]3(C)[C@H]1[C@@H]2C.